The van der Waals surface area contributed by atoms with Gasteiger partial charge in [-0.15, -0.1) is 5.10 Å². The zero-order valence-corrected chi connectivity index (χ0v) is 12.2. The normalized spacial score (nSPS) is 14.8. The lowest BCUT2D eigenvalue weighted by Crippen LogP contribution is -2.24. The first kappa shape index (κ1) is 15.0. The summed E-state index contributed by atoms with van der Waals surface area (Å²) in [5.41, 5.74) is 0. The lowest BCUT2D eigenvalue weighted by atomic mass is 10.0. The zero-order valence-electron chi connectivity index (χ0n) is 12.2. The van der Waals surface area contributed by atoms with E-state index in [-0.39, 0.29) is 6.04 Å². The highest BCUT2D eigenvalue weighted by atomic mass is 16.4. The second-order valence-electron chi connectivity index (χ2n) is 5.02. The van der Waals surface area contributed by atoms with Gasteiger partial charge >= 0.3 is 6.01 Å². The third kappa shape index (κ3) is 4.29. The molecule has 0 fully saturated rings. The van der Waals surface area contributed by atoms with Crippen molar-refractivity contribution in [2.45, 2.75) is 59.5 Å². The summed E-state index contributed by atoms with van der Waals surface area (Å²) in [4.78, 5) is 0. The van der Waals surface area contributed by atoms with E-state index in [1.807, 2.05) is 6.92 Å². The largest absolute Gasteiger partial charge is 0.406 e. The minimum atomic E-state index is 0.104. The summed E-state index contributed by atoms with van der Waals surface area (Å²) in [5, 5.41) is 14.7. The molecule has 104 valence electrons. The highest BCUT2D eigenvalue weighted by Crippen LogP contribution is 2.17. The minimum Gasteiger partial charge on any atom is -0.406 e. The molecule has 0 radical (unpaired) electrons. The van der Waals surface area contributed by atoms with Crippen LogP contribution in [0.3, 0.4) is 0 Å². The van der Waals surface area contributed by atoms with Crippen LogP contribution in [0, 0.1) is 5.92 Å². The van der Waals surface area contributed by atoms with Crippen LogP contribution in [-0.2, 0) is 0 Å². The van der Waals surface area contributed by atoms with Crippen LogP contribution >= 0.6 is 0 Å². The molecule has 0 saturated carbocycles. The first-order valence-electron chi connectivity index (χ1n) is 6.91. The molecule has 1 heterocycles. The molecule has 0 saturated heterocycles. The van der Waals surface area contributed by atoms with Crippen LogP contribution in [0.4, 0.5) is 6.01 Å². The number of aromatic nitrogens is 2. The van der Waals surface area contributed by atoms with Crippen molar-refractivity contribution in [3.63, 3.8) is 0 Å². The highest BCUT2D eigenvalue weighted by molar-refractivity contribution is 5.20. The van der Waals surface area contributed by atoms with Crippen molar-refractivity contribution in [3.8, 4) is 0 Å². The summed E-state index contributed by atoms with van der Waals surface area (Å²) in [6, 6.07) is 1.00. The Hall–Kier alpha value is -1.10. The molecule has 0 aromatic carbocycles. The van der Waals surface area contributed by atoms with Crippen molar-refractivity contribution in [2.24, 2.45) is 5.92 Å². The second-order valence-corrected chi connectivity index (χ2v) is 5.02. The van der Waals surface area contributed by atoms with Gasteiger partial charge in [-0.05, 0) is 32.2 Å². The third-order valence-corrected chi connectivity index (χ3v) is 3.07. The van der Waals surface area contributed by atoms with Crippen LogP contribution in [0.5, 0.6) is 0 Å². The minimum absolute atomic E-state index is 0.104. The van der Waals surface area contributed by atoms with E-state index in [0.717, 1.165) is 19.4 Å². The SMILES string of the molecule is CCCNC(C)c1nnc(NC(CC)C(C)C)o1. The Morgan fingerprint density at radius 2 is 1.89 bits per heavy atom. The summed E-state index contributed by atoms with van der Waals surface area (Å²) >= 11 is 0. The zero-order chi connectivity index (χ0) is 13.5. The molecule has 2 N–H and O–H groups in total. The van der Waals surface area contributed by atoms with Gasteiger partial charge in [0.1, 0.15) is 0 Å². The number of hydrogen-bond acceptors (Lipinski definition) is 5. The number of anilines is 1. The fraction of sp³-hybridized carbons (Fsp3) is 0.846. The number of rotatable bonds is 8. The van der Waals surface area contributed by atoms with Crippen molar-refractivity contribution < 1.29 is 4.42 Å². The summed E-state index contributed by atoms with van der Waals surface area (Å²) in [7, 11) is 0. The second kappa shape index (κ2) is 7.36. The van der Waals surface area contributed by atoms with Crippen molar-refractivity contribution in [3.05, 3.63) is 5.89 Å². The molecule has 5 heteroatoms. The molecular weight excluding hydrogens is 228 g/mol. The molecule has 0 bridgehead atoms. The predicted octanol–water partition coefficient (Wildman–Crippen LogP) is 2.98. The number of nitrogens with zero attached hydrogens (tertiary/aromatic N) is 2. The molecule has 2 atom stereocenters. The van der Waals surface area contributed by atoms with Crippen LogP contribution < -0.4 is 10.6 Å². The van der Waals surface area contributed by atoms with E-state index in [9.17, 15) is 0 Å². The molecule has 18 heavy (non-hydrogen) atoms. The lowest BCUT2D eigenvalue weighted by molar-refractivity contribution is 0.414. The van der Waals surface area contributed by atoms with Gasteiger partial charge in [-0.3, -0.25) is 0 Å². The molecule has 0 aliphatic carbocycles. The van der Waals surface area contributed by atoms with E-state index in [1.165, 1.54) is 0 Å². The van der Waals surface area contributed by atoms with Crippen LogP contribution in [-0.4, -0.2) is 22.8 Å². The molecular formula is C13H26N4O. The molecule has 0 aliphatic heterocycles. The Morgan fingerprint density at radius 1 is 1.17 bits per heavy atom. The van der Waals surface area contributed by atoms with Gasteiger partial charge in [0.2, 0.25) is 5.89 Å². The Labute approximate surface area is 110 Å². The van der Waals surface area contributed by atoms with Crippen LogP contribution in [0.2, 0.25) is 0 Å². The molecule has 2 unspecified atom stereocenters. The Balaban J connectivity index is 2.57. The van der Waals surface area contributed by atoms with Gasteiger partial charge in [0.05, 0.1) is 6.04 Å². The monoisotopic (exact) mass is 254 g/mol. The van der Waals surface area contributed by atoms with E-state index in [2.05, 4.69) is 48.5 Å². The quantitative estimate of drug-likeness (QED) is 0.746. The Bertz CT molecular complexity index is 337. The lowest BCUT2D eigenvalue weighted by Gasteiger charge is -2.18. The highest BCUT2D eigenvalue weighted by Gasteiger charge is 2.16. The van der Waals surface area contributed by atoms with Crippen LogP contribution in [0.1, 0.15) is 59.4 Å². The topological polar surface area (TPSA) is 63.0 Å². The van der Waals surface area contributed by atoms with Gasteiger partial charge in [-0.2, -0.15) is 0 Å². The molecule has 1 aromatic heterocycles. The van der Waals surface area contributed by atoms with Gasteiger partial charge in [-0.25, -0.2) is 0 Å². The smallest absolute Gasteiger partial charge is 0.315 e. The van der Waals surface area contributed by atoms with E-state index >= 15 is 0 Å². The fourth-order valence-electron chi connectivity index (χ4n) is 1.81. The van der Waals surface area contributed by atoms with Crippen molar-refractivity contribution in [1.82, 2.24) is 15.5 Å². The van der Waals surface area contributed by atoms with Gasteiger partial charge in [0, 0.05) is 6.04 Å². The van der Waals surface area contributed by atoms with Crippen molar-refractivity contribution in [2.75, 3.05) is 11.9 Å². The molecule has 1 aromatic rings. The summed E-state index contributed by atoms with van der Waals surface area (Å²) < 4.78 is 5.63. The van der Waals surface area contributed by atoms with Crippen molar-refractivity contribution >= 4 is 6.01 Å². The van der Waals surface area contributed by atoms with Gasteiger partial charge in [-0.1, -0.05) is 32.8 Å². The Kier molecular flexibility index (Phi) is 6.12. The summed E-state index contributed by atoms with van der Waals surface area (Å²) in [6.45, 7) is 11.6. The van der Waals surface area contributed by atoms with Crippen LogP contribution in [0.15, 0.2) is 4.42 Å². The van der Waals surface area contributed by atoms with E-state index < -0.39 is 0 Å². The molecule has 1 rings (SSSR count). The standard InChI is InChI=1S/C13H26N4O/c1-6-8-14-10(5)12-16-17-13(18-12)15-11(7-2)9(3)4/h9-11,14H,6-8H2,1-5H3,(H,15,17). The van der Waals surface area contributed by atoms with E-state index in [4.69, 9.17) is 4.42 Å². The molecule has 5 nitrogen and oxygen atoms in total. The van der Waals surface area contributed by atoms with Crippen molar-refractivity contribution in [1.29, 1.82) is 0 Å². The maximum atomic E-state index is 5.63. The fourth-order valence-corrected chi connectivity index (χ4v) is 1.81. The first-order valence-corrected chi connectivity index (χ1v) is 6.91. The van der Waals surface area contributed by atoms with E-state index in [1.54, 1.807) is 0 Å². The molecule has 0 amide bonds. The number of nitrogens with one attached hydrogen (secondary N) is 2. The average Bonchev–Trinajstić information content (AvgIpc) is 2.81. The number of hydrogen-bond donors (Lipinski definition) is 2. The Morgan fingerprint density at radius 3 is 2.44 bits per heavy atom. The average molecular weight is 254 g/mol. The molecule has 0 spiro atoms. The maximum absolute atomic E-state index is 5.63. The summed E-state index contributed by atoms with van der Waals surface area (Å²) in [6.07, 6.45) is 2.13. The first-order chi connectivity index (χ1) is 8.58. The molecule has 0 aliphatic rings. The predicted molar refractivity (Wildman–Crippen MR) is 73.5 cm³/mol. The van der Waals surface area contributed by atoms with Gasteiger partial charge < -0.3 is 15.1 Å². The third-order valence-electron chi connectivity index (χ3n) is 3.07. The summed E-state index contributed by atoms with van der Waals surface area (Å²) in [5.74, 6) is 1.19. The van der Waals surface area contributed by atoms with E-state index in [0.29, 0.717) is 23.9 Å². The van der Waals surface area contributed by atoms with Gasteiger partial charge in [0.15, 0.2) is 0 Å². The van der Waals surface area contributed by atoms with Gasteiger partial charge in [0.25, 0.3) is 0 Å². The maximum Gasteiger partial charge on any atom is 0.315 e. The van der Waals surface area contributed by atoms with Crippen LogP contribution in [0.25, 0.3) is 0 Å².